The normalized spacial score (nSPS) is 12.5. The third-order valence-corrected chi connectivity index (χ3v) is 6.04. The summed E-state index contributed by atoms with van der Waals surface area (Å²) in [6.07, 6.45) is 5.09. The minimum Gasteiger partial charge on any atom is -0.497 e. The number of carbonyl (C=O) groups excluding carboxylic acids is 1. The summed E-state index contributed by atoms with van der Waals surface area (Å²) < 4.78 is 41.1. The Bertz CT molecular complexity index is 739. The zero-order chi connectivity index (χ0) is 23.1. The maximum absolute atomic E-state index is 12.0. The number of aliphatic hydroxyl groups is 1. The van der Waals surface area contributed by atoms with Crippen molar-refractivity contribution in [3.05, 3.63) is 24.3 Å². The highest BCUT2D eigenvalue weighted by Crippen LogP contribution is 2.19. The maximum Gasteiger partial charge on any atom is 0.305 e. The van der Waals surface area contributed by atoms with Crippen LogP contribution in [0, 0.1) is 0 Å². The second kappa shape index (κ2) is 15.0. The van der Waals surface area contributed by atoms with Gasteiger partial charge in [0.15, 0.2) is 0 Å². The second-order valence-electron chi connectivity index (χ2n) is 7.42. The van der Waals surface area contributed by atoms with Gasteiger partial charge >= 0.3 is 5.97 Å². The Balaban J connectivity index is 2.27. The molecule has 0 saturated heterocycles. The lowest BCUT2D eigenvalue weighted by atomic mass is 10.1. The molecule has 31 heavy (non-hydrogen) atoms. The van der Waals surface area contributed by atoms with Gasteiger partial charge in [0.25, 0.3) is 0 Å². The standard InChI is InChI=1S/C22H37NO7S/c1-4-29-22(25)14-7-5-6-8-15-23(31(3,26)27)16-10-11-19(24)18-30-21-13-9-12-20(17-21)28-2/h9,12-13,17,19,24H,4-8,10-11,14-16,18H2,1-3H3. The Labute approximate surface area is 186 Å². The van der Waals surface area contributed by atoms with Gasteiger partial charge in [-0.15, -0.1) is 0 Å². The molecule has 0 bridgehead atoms. The molecule has 0 aliphatic rings. The van der Waals surface area contributed by atoms with Gasteiger partial charge in [0.2, 0.25) is 10.0 Å². The topological polar surface area (TPSA) is 102 Å². The average Bonchev–Trinajstić information content (AvgIpc) is 2.72. The summed E-state index contributed by atoms with van der Waals surface area (Å²) >= 11 is 0. The van der Waals surface area contributed by atoms with Crippen LogP contribution in [0.15, 0.2) is 24.3 Å². The number of hydrogen-bond acceptors (Lipinski definition) is 7. The first-order valence-corrected chi connectivity index (χ1v) is 12.7. The third-order valence-electron chi connectivity index (χ3n) is 4.74. The summed E-state index contributed by atoms with van der Waals surface area (Å²) in [5.74, 6) is 1.10. The Hall–Kier alpha value is -1.84. The van der Waals surface area contributed by atoms with Crippen molar-refractivity contribution >= 4 is 16.0 Å². The molecule has 1 unspecified atom stereocenters. The van der Waals surface area contributed by atoms with Crippen molar-refractivity contribution in [3.63, 3.8) is 0 Å². The summed E-state index contributed by atoms with van der Waals surface area (Å²) in [7, 11) is -1.73. The molecular weight excluding hydrogens is 422 g/mol. The van der Waals surface area contributed by atoms with Crippen molar-refractivity contribution in [3.8, 4) is 11.5 Å². The van der Waals surface area contributed by atoms with Crippen molar-refractivity contribution in [1.82, 2.24) is 4.31 Å². The smallest absolute Gasteiger partial charge is 0.305 e. The summed E-state index contributed by atoms with van der Waals surface area (Å²) in [5, 5.41) is 10.1. The van der Waals surface area contributed by atoms with Gasteiger partial charge in [0, 0.05) is 25.6 Å². The van der Waals surface area contributed by atoms with E-state index in [-0.39, 0.29) is 12.6 Å². The molecule has 0 saturated carbocycles. The molecule has 1 aromatic carbocycles. The number of benzene rings is 1. The maximum atomic E-state index is 12.0. The van der Waals surface area contributed by atoms with Crippen molar-refractivity contribution in [2.24, 2.45) is 0 Å². The predicted molar refractivity (Wildman–Crippen MR) is 120 cm³/mol. The average molecular weight is 460 g/mol. The van der Waals surface area contributed by atoms with Crippen LogP contribution in [0.3, 0.4) is 0 Å². The molecule has 0 spiro atoms. The van der Waals surface area contributed by atoms with E-state index >= 15 is 0 Å². The molecule has 8 nitrogen and oxygen atoms in total. The largest absolute Gasteiger partial charge is 0.497 e. The minimum absolute atomic E-state index is 0.131. The first kappa shape index (κ1) is 27.2. The molecule has 1 aromatic rings. The Morgan fingerprint density at radius 1 is 1.10 bits per heavy atom. The van der Waals surface area contributed by atoms with Crippen LogP contribution in [0.5, 0.6) is 11.5 Å². The van der Waals surface area contributed by atoms with Gasteiger partial charge < -0.3 is 19.3 Å². The van der Waals surface area contributed by atoms with Crippen LogP contribution in [0.2, 0.25) is 0 Å². The molecule has 0 fully saturated rings. The highest BCUT2D eigenvalue weighted by atomic mass is 32.2. The zero-order valence-electron chi connectivity index (χ0n) is 18.9. The fourth-order valence-electron chi connectivity index (χ4n) is 3.06. The fraction of sp³-hybridized carbons (Fsp3) is 0.682. The number of hydrogen-bond donors (Lipinski definition) is 1. The summed E-state index contributed by atoms with van der Waals surface area (Å²) in [4.78, 5) is 11.3. The van der Waals surface area contributed by atoms with Crippen LogP contribution >= 0.6 is 0 Å². The minimum atomic E-state index is -3.31. The molecule has 0 heterocycles. The summed E-state index contributed by atoms with van der Waals surface area (Å²) in [5.41, 5.74) is 0. The van der Waals surface area contributed by atoms with E-state index in [1.54, 1.807) is 32.2 Å². The Kier molecular flexibility index (Phi) is 13.2. The second-order valence-corrected chi connectivity index (χ2v) is 9.40. The lowest BCUT2D eigenvalue weighted by Gasteiger charge is -2.20. The van der Waals surface area contributed by atoms with E-state index in [0.29, 0.717) is 50.5 Å². The molecule has 9 heteroatoms. The van der Waals surface area contributed by atoms with Gasteiger partial charge in [-0.3, -0.25) is 4.79 Å². The number of sulfonamides is 1. The van der Waals surface area contributed by atoms with E-state index in [2.05, 4.69) is 0 Å². The molecule has 0 aromatic heterocycles. The van der Waals surface area contributed by atoms with Gasteiger partial charge in [-0.25, -0.2) is 12.7 Å². The van der Waals surface area contributed by atoms with Crippen molar-refractivity contribution in [2.45, 2.75) is 58.0 Å². The lowest BCUT2D eigenvalue weighted by molar-refractivity contribution is -0.143. The van der Waals surface area contributed by atoms with E-state index in [0.717, 1.165) is 25.7 Å². The van der Waals surface area contributed by atoms with Gasteiger partial charge in [-0.05, 0) is 44.7 Å². The van der Waals surface area contributed by atoms with Crippen LogP contribution < -0.4 is 9.47 Å². The number of carbonyl (C=O) groups is 1. The fourth-order valence-corrected chi connectivity index (χ4v) is 3.98. The number of esters is 1. The quantitative estimate of drug-likeness (QED) is 0.282. The van der Waals surface area contributed by atoms with Crippen LogP contribution in [0.1, 0.15) is 51.9 Å². The molecule has 178 valence electrons. The van der Waals surface area contributed by atoms with E-state index in [9.17, 15) is 18.3 Å². The Morgan fingerprint density at radius 2 is 1.77 bits per heavy atom. The summed E-state index contributed by atoms with van der Waals surface area (Å²) in [6.45, 7) is 3.10. The highest BCUT2D eigenvalue weighted by molar-refractivity contribution is 7.88. The van der Waals surface area contributed by atoms with E-state index in [1.165, 1.54) is 10.6 Å². The molecule has 1 rings (SSSR count). The van der Waals surface area contributed by atoms with Gasteiger partial charge in [-0.1, -0.05) is 18.9 Å². The molecule has 1 N–H and O–H groups in total. The van der Waals surface area contributed by atoms with Crippen LogP contribution in [0.25, 0.3) is 0 Å². The molecule has 1 atom stereocenters. The number of rotatable bonds is 17. The monoisotopic (exact) mass is 459 g/mol. The third kappa shape index (κ3) is 12.6. The van der Waals surface area contributed by atoms with Crippen LogP contribution in [0.4, 0.5) is 0 Å². The SMILES string of the molecule is CCOC(=O)CCCCCCN(CCCC(O)COc1cccc(OC)c1)S(C)(=O)=O. The lowest BCUT2D eigenvalue weighted by Crippen LogP contribution is -2.32. The van der Waals surface area contributed by atoms with Crippen molar-refractivity contribution in [2.75, 3.05) is 39.7 Å². The molecule has 0 amide bonds. The molecule has 0 aliphatic heterocycles. The van der Waals surface area contributed by atoms with E-state index in [4.69, 9.17) is 14.2 Å². The zero-order valence-corrected chi connectivity index (χ0v) is 19.7. The van der Waals surface area contributed by atoms with Crippen LogP contribution in [-0.4, -0.2) is 69.6 Å². The molecule has 0 aliphatic carbocycles. The Morgan fingerprint density at radius 3 is 2.45 bits per heavy atom. The number of aliphatic hydroxyl groups excluding tert-OH is 1. The van der Waals surface area contributed by atoms with Gasteiger partial charge in [0.05, 0.1) is 26.1 Å². The first-order chi connectivity index (χ1) is 14.8. The van der Waals surface area contributed by atoms with E-state index < -0.39 is 16.1 Å². The molecular formula is C22H37NO7S. The summed E-state index contributed by atoms with van der Waals surface area (Å²) in [6, 6.07) is 7.14. The number of ether oxygens (including phenoxy) is 3. The van der Waals surface area contributed by atoms with Crippen molar-refractivity contribution < 1.29 is 32.5 Å². The predicted octanol–water partition coefficient (Wildman–Crippen LogP) is 2.99. The number of nitrogens with zero attached hydrogens (tertiary/aromatic N) is 1. The molecule has 0 radical (unpaired) electrons. The highest BCUT2D eigenvalue weighted by Gasteiger charge is 2.16. The first-order valence-electron chi connectivity index (χ1n) is 10.8. The number of methoxy groups -OCH3 is 1. The van der Waals surface area contributed by atoms with Crippen LogP contribution in [-0.2, 0) is 19.6 Å². The van der Waals surface area contributed by atoms with E-state index in [1.807, 2.05) is 6.07 Å². The van der Waals surface area contributed by atoms with Crippen molar-refractivity contribution in [1.29, 1.82) is 0 Å². The number of unbranched alkanes of at least 4 members (excludes halogenated alkanes) is 3. The van der Waals surface area contributed by atoms with Gasteiger partial charge in [0.1, 0.15) is 18.1 Å². The van der Waals surface area contributed by atoms with Gasteiger partial charge in [-0.2, -0.15) is 0 Å².